The van der Waals surface area contributed by atoms with E-state index in [9.17, 15) is 8.42 Å². The molecule has 19 heavy (non-hydrogen) atoms. The SMILES string of the molecule is COCC(C)N(C)S(=O)(=O)c1ccc(C#N)cc1Cl. The van der Waals surface area contributed by atoms with E-state index in [1.807, 2.05) is 6.07 Å². The minimum Gasteiger partial charge on any atom is -0.383 e. The lowest BCUT2D eigenvalue weighted by molar-refractivity contribution is 0.149. The van der Waals surface area contributed by atoms with E-state index < -0.39 is 10.0 Å². The molecule has 1 rings (SSSR count). The topological polar surface area (TPSA) is 70.4 Å². The summed E-state index contributed by atoms with van der Waals surface area (Å²) >= 11 is 5.93. The lowest BCUT2D eigenvalue weighted by Crippen LogP contribution is -2.37. The summed E-state index contributed by atoms with van der Waals surface area (Å²) in [5.74, 6) is 0. The van der Waals surface area contributed by atoms with Crippen molar-refractivity contribution in [2.24, 2.45) is 0 Å². The normalized spacial score (nSPS) is 13.3. The summed E-state index contributed by atoms with van der Waals surface area (Å²) in [5, 5.41) is 8.78. The minimum absolute atomic E-state index is 0.0152. The van der Waals surface area contributed by atoms with Crippen molar-refractivity contribution in [2.75, 3.05) is 20.8 Å². The van der Waals surface area contributed by atoms with E-state index in [1.165, 1.54) is 36.7 Å². The van der Waals surface area contributed by atoms with Gasteiger partial charge in [-0.3, -0.25) is 0 Å². The second-order valence-corrected chi connectivity index (χ2v) is 6.46. The van der Waals surface area contributed by atoms with Crippen LogP contribution in [0.4, 0.5) is 0 Å². The molecule has 0 fully saturated rings. The van der Waals surface area contributed by atoms with E-state index in [2.05, 4.69) is 0 Å². The van der Waals surface area contributed by atoms with Gasteiger partial charge in [0.05, 0.1) is 23.3 Å². The molecule has 0 saturated heterocycles. The number of sulfonamides is 1. The standard InChI is InChI=1S/C12H15ClN2O3S/c1-9(8-18-3)15(2)19(16,17)12-5-4-10(7-14)6-11(12)13/h4-6,9H,8H2,1-3H3. The smallest absolute Gasteiger partial charge is 0.244 e. The van der Waals surface area contributed by atoms with Crippen LogP contribution in [0.5, 0.6) is 0 Å². The second kappa shape index (κ2) is 6.35. The van der Waals surface area contributed by atoms with E-state index in [0.29, 0.717) is 5.56 Å². The lowest BCUT2D eigenvalue weighted by atomic mass is 10.2. The number of nitrogens with zero attached hydrogens (tertiary/aromatic N) is 2. The van der Waals surface area contributed by atoms with Crippen LogP contribution < -0.4 is 0 Å². The van der Waals surface area contributed by atoms with Crippen LogP contribution in [0, 0.1) is 11.3 Å². The molecule has 0 radical (unpaired) electrons. The summed E-state index contributed by atoms with van der Waals surface area (Å²) in [6.45, 7) is 2.02. The van der Waals surface area contributed by atoms with Crippen LogP contribution in [0.2, 0.25) is 5.02 Å². The molecule has 1 atom stereocenters. The number of methoxy groups -OCH3 is 1. The molecule has 0 aromatic heterocycles. The summed E-state index contributed by atoms with van der Waals surface area (Å²) in [6.07, 6.45) is 0. The van der Waals surface area contributed by atoms with E-state index in [4.69, 9.17) is 21.6 Å². The molecule has 0 bridgehead atoms. The van der Waals surface area contributed by atoms with Gasteiger partial charge in [0, 0.05) is 20.2 Å². The number of ether oxygens (including phenoxy) is 1. The highest BCUT2D eigenvalue weighted by Gasteiger charge is 2.27. The average molecular weight is 303 g/mol. The third-order valence-corrected chi connectivity index (χ3v) is 5.20. The maximum Gasteiger partial charge on any atom is 0.244 e. The summed E-state index contributed by atoms with van der Waals surface area (Å²) in [6, 6.07) is 5.69. The molecule has 0 amide bonds. The Labute approximate surface area is 118 Å². The Morgan fingerprint density at radius 2 is 2.16 bits per heavy atom. The second-order valence-electron chi connectivity index (χ2n) is 4.08. The largest absolute Gasteiger partial charge is 0.383 e. The first-order chi connectivity index (χ1) is 8.84. The van der Waals surface area contributed by atoms with Crippen LogP contribution in [0.1, 0.15) is 12.5 Å². The summed E-state index contributed by atoms with van der Waals surface area (Å²) in [4.78, 5) is -0.0152. The first kappa shape index (κ1) is 15.9. The van der Waals surface area contributed by atoms with Gasteiger partial charge in [0.2, 0.25) is 10.0 Å². The Morgan fingerprint density at radius 3 is 2.63 bits per heavy atom. The van der Waals surface area contributed by atoms with Crippen LogP contribution in [0.3, 0.4) is 0 Å². The van der Waals surface area contributed by atoms with Crippen molar-refractivity contribution in [1.29, 1.82) is 5.26 Å². The Bertz CT molecular complexity index is 595. The monoisotopic (exact) mass is 302 g/mol. The molecule has 104 valence electrons. The summed E-state index contributed by atoms with van der Waals surface area (Å²) < 4.78 is 30.9. The van der Waals surface area contributed by atoms with Crippen molar-refractivity contribution >= 4 is 21.6 Å². The molecule has 1 aromatic rings. The quantitative estimate of drug-likeness (QED) is 0.832. The Hall–Kier alpha value is -1.13. The molecule has 0 saturated carbocycles. The number of hydrogen-bond acceptors (Lipinski definition) is 4. The molecule has 0 aliphatic carbocycles. The number of hydrogen-bond donors (Lipinski definition) is 0. The van der Waals surface area contributed by atoms with Gasteiger partial charge in [-0.2, -0.15) is 9.57 Å². The van der Waals surface area contributed by atoms with Gasteiger partial charge in [0.15, 0.2) is 0 Å². The summed E-state index contributed by atoms with van der Waals surface area (Å²) in [5.41, 5.74) is 0.316. The van der Waals surface area contributed by atoms with Gasteiger partial charge in [-0.05, 0) is 25.1 Å². The molecular weight excluding hydrogens is 288 g/mol. The van der Waals surface area contributed by atoms with Gasteiger partial charge < -0.3 is 4.74 Å². The van der Waals surface area contributed by atoms with Crippen LogP contribution in [0.15, 0.2) is 23.1 Å². The third-order valence-electron chi connectivity index (χ3n) is 2.75. The van der Waals surface area contributed by atoms with Gasteiger partial charge in [-0.15, -0.1) is 0 Å². The third kappa shape index (κ3) is 3.45. The van der Waals surface area contributed by atoms with Crippen LogP contribution in [-0.4, -0.2) is 39.5 Å². The van der Waals surface area contributed by atoms with Crippen molar-refractivity contribution in [1.82, 2.24) is 4.31 Å². The molecule has 0 aliphatic heterocycles. The molecule has 1 aromatic carbocycles. The van der Waals surface area contributed by atoms with E-state index in [0.717, 1.165) is 0 Å². The van der Waals surface area contributed by atoms with E-state index in [1.54, 1.807) is 6.92 Å². The van der Waals surface area contributed by atoms with Crippen molar-refractivity contribution in [3.63, 3.8) is 0 Å². The number of nitriles is 1. The Balaban J connectivity index is 3.17. The molecule has 0 spiro atoms. The number of likely N-dealkylation sites (N-methyl/N-ethyl adjacent to an activating group) is 1. The Morgan fingerprint density at radius 1 is 1.53 bits per heavy atom. The van der Waals surface area contributed by atoms with Crippen LogP contribution in [0.25, 0.3) is 0 Å². The molecule has 5 nitrogen and oxygen atoms in total. The summed E-state index contributed by atoms with van der Waals surface area (Å²) in [7, 11) is -0.733. The number of halogens is 1. The zero-order valence-corrected chi connectivity index (χ0v) is 12.5. The van der Waals surface area contributed by atoms with Gasteiger partial charge in [-0.1, -0.05) is 11.6 Å². The fourth-order valence-electron chi connectivity index (χ4n) is 1.52. The zero-order chi connectivity index (χ0) is 14.6. The highest BCUT2D eigenvalue weighted by molar-refractivity contribution is 7.89. The van der Waals surface area contributed by atoms with E-state index >= 15 is 0 Å². The minimum atomic E-state index is -3.70. The van der Waals surface area contributed by atoms with Gasteiger partial charge >= 0.3 is 0 Å². The fraction of sp³-hybridized carbons (Fsp3) is 0.417. The Kier molecular flexibility index (Phi) is 5.32. The van der Waals surface area contributed by atoms with Crippen molar-refractivity contribution in [3.05, 3.63) is 28.8 Å². The van der Waals surface area contributed by atoms with E-state index in [-0.39, 0.29) is 22.6 Å². The van der Waals surface area contributed by atoms with Gasteiger partial charge in [0.1, 0.15) is 4.90 Å². The molecular formula is C12H15ClN2O3S. The highest BCUT2D eigenvalue weighted by Crippen LogP contribution is 2.26. The van der Waals surface area contributed by atoms with Crippen LogP contribution >= 0.6 is 11.6 Å². The molecule has 7 heteroatoms. The lowest BCUT2D eigenvalue weighted by Gasteiger charge is -2.24. The van der Waals surface area contributed by atoms with Crippen molar-refractivity contribution in [3.8, 4) is 6.07 Å². The first-order valence-corrected chi connectivity index (χ1v) is 7.33. The van der Waals surface area contributed by atoms with Gasteiger partial charge in [-0.25, -0.2) is 8.42 Å². The van der Waals surface area contributed by atoms with Crippen molar-refractivity contribution < 1.29 is 13.2 Å². The maximum atomic E-state index is 12.4. The zero-order valence-electron chi connectivity index (χ0n) is 10.9. The molecule has 0 heterocycles. The highest BCUT2D eigenvalue weighted by atomic mass is 35.5. The fourth-order valence-corrected chi connectivity index (χ4v) is 3.38. The van der Waals surface area contributed by atoms with Crippen LogP contribution in [-0.2, 0) is 14.8 Å². The van der Waals surface area contributed by atoms with Crippen molar-refractivity contribution in [2.45, 2.75) is 17.9 Å². The molecule has 0 aliphatic rings. The average Bonchev–Trinajstić information content (AvgIpc) is 2.37. The molecule has 0 N–H and O–H groups in total. The number of rotatable bonds is 5. The first-order valence-electron chi connectivity index (χ1n) is 5.51. The predicted octanol–water partition coefficient (Wildman–Crippen LogP) is 1.87. The predicted molar refractivity (Wildman–Crippen MR) is 72.5 cm³/mol. The van der Waals surface area contributed by atoms with Gasteiger partial charge in [0.25, 0.3) is 0 Å². The number of benzene rings is 1. The molecule has 1 unspecified atom stereocenters. The maximum absolute atomic E-state index is 12.4.